The number of hydrogen-bond acceptors (Lipinski definition) is 4. The number of rotatable bonds is 2. The maximum atomic E-state index is 11.5. The van der Waals surface area contributed by atoms with Gasteiger partial charge in [-0.2, -0.15) is 0 Å². The predicted molar refractivity (Wildman–Crippen MR) is 56.1 cm³/mol. The second-order valence-corrected chi connectivity index (χ2v) is 3.49. The molecule has 0 spiro atoms. The first-order valence-electron chi connectivity index (χ1n) is 4.95. The number of H-pyrrole nitrogens is 1. The first-order chi connectivity index (χ1) is 7.70. The highest BCUT2D eigenvalue weighted by Gasteiger charge is 2.19. The summed E-state index contributed by atoms with van der Waals surface area (Å²) in [6.45, 7) is -0.134. The lowest BCUT2D eigenvalue weighted by atomic mass is 10.2. The third kappa shape index (κ3) is 2.12. The highest BCUT2D eigenvalue weighted by atomic mass is 16.5. The van der Waals surface area contributed by atoms with E-state index in [4.69, 9.17) is 9.84 Å². The minimum absolute atomic E-state index is 0.134. The summed E-state index contributed by atoms with van der Waals surface area (Å²) in [5.74, 6) is 0. The molecule has 0 bridgehead atoms. The van der Waals surface area contributed by atoms with E-state index in [2.05, 4.69) is 4.98 Å². The van der Waals surface area contributed by atoms with E-state index in [1.54, 1.807) is 6.08 Å². The number of aliphatic hydroxyl groups excluding tert-OH is 1. The van der Waals surface area contributed by atoms with Crippen molar-refractivity contribution in [1.82, 2.24) is 9.55 Å². The number of aromatic amines is 1. The van der Waals surface area contributed by atoms with Gasteiger partial charge in [-0.1, -0.05) is 12.2 Å². The molecular formula is C10H12N2O4. The molecule has 1 aromatic rings. The van der Waals surface area contributed by atoms with Crippen molar-refractivity contribution >= 4 is 0 Å². The van der Waals surface area contributed by atoms with Crippen LogP contribution >= 0.6 is 0 Å². The van der Waals surface area contributed by atoms with Crippen LogP contribution in [0.2, 0.25) is 0 Å². The normalized spacial score (nSPS) is 24.6. The van der Waals surface area contributed by atoms with Crippen molar-refractivity contribution in [1.29, 1.82) is 0 Å². The first-order valence-corrected chi connectivity index (χ1v) is 4.95. The topological polar surface area (TPSA) is 84.3 Å². The van der Waals surface area contributed by atoms with Gasteiger partial charge in [-0.3, -0.25) is 14.3 Å². The zero-order chi connectivity index (χ0) is 11.5. The number of nitrogens with zero attached hydrogens (tertiary/aromatic N) is 1. The van der Waals surface area contributed by atoms with E-state index in [-0.39, 0.29) is 6.61 Å². The van der Waals surface area contributed by atoms with Crippen LogP contribution in [0, 0.1) is 0 Å². The zero-order valence-corrected chi connectivity index (χ0v) is 8.50. The van der Waals surface area contributed by atoms with Crippen molar-refractivity contribution in [3.8, 4) is 0 Å². The Bertz CT molecular complexity index is 502. The quantitative estimate of drug-likeness (QED) is 0.655. The van der Waals surface area contributed by atoms with Crippen LogP contribution in [0.4, 0.5) is 0 Å². The van der Waals surface area contributed by atoms with Crippen molar-refractivity contribution in [3.05, 3.63) is 45.3 Å². The molecular weight excluding hydrogens is 212 g/mol. The zero-order valence-electron chi connectivity index (χ0n) is 8.50. The molecule has 0 aromatic carbocycles. The molecule has 0 fully saturated rings. The van der Waals surface area contributed by atoms with Gasteiger partial charge in [0.05, 0.1) is 6.61 Å². The van der Waals surface area contributed by atoms with Gasteiger partial charge in [0, 0.05) is 18.7 Å². The van der Waals surface area contributed by atoms with Gasteiger partial charge in [0.1, 0.15) is 12.3 Å². The minimum Gasteiger partial charge on any atom is -0.393 e. The van der Waals surface area contributed by atoms with E-state index in [0.717, 1.165) is 0 Å². The Balaban J connectivity index is 2.28. The summed E-state index contributed by atoms with van der Waals surface area (Å²) in [5.41, 5.74) is -0.948. The summed E-state index contributed by atoms with van der Waals surface area (Å²) in [4.78, 5) is 24.5. The monoisotopic (exact) mass is 224 g/mol. The molecule has 6 heteroatoms. The average molecular weight is 224 g/mol. The summed E-state index contributed by atoms with van der Waals surface area (Å²) in [5, 5.41) is 8.95. The van der Waals surface area contributed by atoms with Crippen molar-refractivity contribution in [2.24, 2.45) is 0 Å². The summed E-state index contributed by atoms with van der Waals surface area (Å²) >= 11 is 0. The smallest absolute Gasteiger partial charge is 0.330 e. The van der Waals surface area contributed by atoms with Crippen LogP contribution in [-0.2, 0) is 4.74 Å². The number of hydrogen-bond donors (Lipinski definition) is 2. The van der Waals surface area contributed by atoms with Crippen molar-refractivity contribution in [3.63, 3.8) is 0 Å². The second kappa shape index (κ2) is 4.46. The molecule has 86 valence electrons. The van der Waals surface area contributed by atoms with Gasteiger partial charge in [-0.05, 0) is 0 Å². The fourth-order valence-corrected chi connectivity index (χ4v) is 1.59. The summed E-state index contributed by atoms with van der Waals surface area (Å²) in [6.07, 6.45) is 4.62. The molecule has 2 rings (SSSR count). The lowest BCUT2D eigenvalue weighted by Gasteiger charge is -2.25. The van der Waals surface area contributed by atoms with Crippen LogP contribution < -0.4 is 11.2 Å². The molecule has 0 unspecified atom stereocenters. The summed E-state index contributed by atoms with van der Waals surface area (Å²) in [7, 11) is 0. The molecule has 0 saturated carbocycles. The first kappa shape index (κ1) is 10.8. The van der Waals surface area contributed by atoms with Gasteiger partial charge < -0.3 is 9.84 Å². The lowest BCUT2D eigenvalue weighted by molar-refractivity contribution is -0.0608. The van der Waals surface area contributed by atoms with Gasteiger partial charge in [-0.25, -0.2) is 4.79 Å². The Morgan fingerprint density at radius 1 is 1.56 bits per heavy atom. The largest absolute Gasteiger partial charge is 0.393 e. The molecule has 2 heterocycles. The van der Waals surface area contributed by atoms with Gasteiger partial charge in [-0.15, -0.1) is 0 Å². The van der Waals surface area contributed by atoms with Crippen molar-refractivity contribution in [2.75, 3.05) is 6.61 Å². The van der Waals surface area contributed by atoms with Crippen LogP contribution in [0.25, 0.3) is 0 Å². The van der Waals surface area contributed by atoms with Crippen LogP contribution in [-0.4, -0.2) is 27.4 Å². The molecule has 0 radical (unpaired) electrons. The maximum Gasteiger partial charge on any atom is 0.330 e. The highest BCUT2D eigenvalue weighted by molar-refractivity contribution is 4.96. The molecule has 16 heavy (non-hydrogen) atoms. The molecule has 2 N–H and O–H groups in total. The average Bonchev–Trinajstić information content (AvgIpc) is 2.29. The molecule has 0 aliphatic carbocycles. The Kier molecular flexibility index (Phi) is 3.02. The van der Waals surface area contributed by atoms with E-state index >= 15 is 0 Å². The standard InChI is InChI=1S/C10H12N2O4/c13-6-7-2-1-3-9(16-7)12-5-4-8(14)11-10(12)15/h1-2,4-5,7,9,13H,3,6H2,(H,11,14,15)/t7-,9+/m0/s1. The fraction of sp³-hybridized carbons (Fsp3) is 0.400. The van der Waals surface area contributed by atoms with Gasteiger partial charge in [0.25, 0.3) is 5.56 Å². The number of ether oxygens (including phenoxy) is 1. The van der Waals surface area contributed by atoms with E-state index in [0.29, 0.717) is 6.42 Å². The van der Waals surface area contributed by atoms with E-state index in [1.807, 2.05) is 6.08 Å². The molecule has 0 saturated heterocycles. The molecule has 1 aliphatic rings. The molecule has 1 aromatic heterocycles. The Hall–Kier alpha value is -1.66. The third-order valence-corrected chi connectivity index (χ3v) is 2.36. The van der Waals surface area contributed by atoms with Gasteiger partial charge in [0.2, 0.25) is 0 Å². The Morgan fingerprint density at radius 2 is 2.38 bits per heavy atom. The SMILES string of the molecule is O=c1ccn([C@H]2CC=C[C@@H](CO)O2)c(=O)[nH]1. The van der Waals surface area contributed by atoms with E-state index in [1.165, 1.54) is 16.8 Å². The van der Waals surface area contributed by atoms with Gasteiger partial charge in [0.15, 0.2) is 0 Å². The minimum atomic E-state index is -0.510. The number of nitrogens with one attached hydrogen (secondary N) is 1. The van der Waals surface area contributed by atoms with E-state index < -0.39 is 23.6 Å². The Labute approximate surface area is 90.8 Å². The molecule has 6 nitrogen and oxygen atoms in total. The van der Waals surface area contributed by atoms with Gasteiger partial charge >= 0.3 is 5.69 Å². The lowest BCUT2D eigenvalue weighted by Crippen LogP contribution is -2.35. The third-order valence-electron chi connectivity index (χ3n) is 2.36. The van der Waals surface area contributed by atoms with Crippen LogP contribution in [0.1, 0.15) is 12.6 Å². The van der Waals surface area contributed by atoms with Crippen LogP contribution in [0.3, 0.4) is 0 Å². The number of aromatic nitrogens is 2. The van der Waals surface area contributed by atoms with Crippen LogP contribution in [0.5, 0.6) is 0 Å². The summed E-state index contributed by atoms with van der Waals surface area (Å²) < 4.78 is 6.75. The second-order valence-electron chi connectivity index (χ2n) is 3.49. The van der Waals surface area contributed by atoms with Crippen LogP contribution in [0.15, 0.2) is 34.0 Å². The predicted octanol–water partition coefficient (Wildman–Crippen LogP) is -0.627. The molecule has 1 aliphatic heterocycles. The number of aliphatic hydroxyl groups is 1. The van der Waals surface area contributed by atoms with Crippen molar-refractivity contribution < 1.29 is 9.84 Å². The van der Waals surface area contributed by atoms with E-state index in [9.17, 15) is 9.59 Å². The van der Waals surface area contributed by atoms with Crippen molar-refractivity contribution in [2.45, 2.75) is 18.8 Å². The fourth-order valence-electron chi connectivity index (χ4n) is 1.59. The molecule has 2 atom stereocenters. The maximum absolute atomic E-state index is 11.5. The summed E-state index contributed by atoms with van der Waals surface area (Å²) in [6, 6.07) is 1.26. The highest BCUT2D eigenvalue weighted by Crippen LogP contribution is 2.19. The molecule has 0 amide bonds. The Morgan fingerprint density at radius 3 is 3.06 bits per heavy atom.